The predicted molar refractivity (Wildman–Crippen MR) is 77.2 cm³/mol. The first-order chi connectivity index (χ1) is 8.45. The Morgan fingerprint density at radius 1 is 1.39 bits per heavy atom. The molecule has 1 aliphatic heterocycles. The molecule has 1 atom stereocenters. The molecular formula is C16H25NO. The van der Waals surface area contributed by atoms with Crippen LogP contribution in [0.5, 0.6) is 0 Å². The molecule has 0 aliphatic carbocycles. The van der Waals surface area contributed by atoms with Crippen LogP contribution in [0.1, 0.15) is 44.7 Å². The second kappa shape index (κ2) is 4.93. The summed E-state index contributed by atoms with van der Waals surface area (Å²) in [6.07, 6.45) is 2.64. The molecule has 2 heteroatoms. The van der Waals surface area contributed by atoms with E-state index in [4.69, 9.17) is 0 Å². The van der Waals surface area contributed by atoms with Gasteiger partial charge in [0, 0.05) is 17.8 Å². The Labute approximate surface area is 111 Å². The lowest BCUT2D eigenvalue weighted by Crippen LogP contribution is -2.52. The van der Waals surface area contributed by atoms with Gasteiger partial charge in [0.1, 0.15) is 0 Å². The average Bonchev–Trinajstić information content (AvgIpc) is 2.29. The van der Waals surface area contributed by atoms with Gasteiger partial charge in [0.25, 0.3) is 0 Å². The van der Waals surface area contributed by atoms with Gasteiger partial charge in [0.05, 0.1) is 6.10 Å². The van der Waals surface area contributed by atoms with E-state index in [9.17, 15) is 5.11 Å². The molecule has 2 nitrogen and oxygen atoms in total. The first kappa shape index (κ1) is 13.4. The Bertz CT molecular complexity index is 425. The summed E-state index contributed by atoms with van der Waals surface area (Å²) in [6, 6.07) is 6.56. The third kappa shape index (κ3) is 2.39. The van der Waals surface area contributed by atoms with Crippen molar-refractivity contribution in [1.82, 2.24) is 0 Å². The third-order valence-electron chi connectivity index (χ3n) is 4.12. The highest BCUT2D eigenvalue weighted by Gasteiger charge is 2.35. The van der Waals surface area contributed by atoms with Crippen molar-refractivity contribution < 1.29 is 5.11 Å². The molecule has 1 fully saturated rings. The lowest BCUT2D eigenvalue weighted by Gasteiger charge is -2.47. The smallest absolute Gasteiger partial charge is 0.0579 e. The summed E-state index contributed by atoms with van der Waals surface area (Å²) >= 11 is 0. The summed E-state index contributed by atoms with van der Waals surface area (Å²) in [5, 5.41) is 9.88. The Hall–Kier alpha value is -1.02. The van der Waals surface area contributed by atoms with E-state index in [0.717, 1.165) is 25.8 Å². The molecule has 1 saturated heterocycles. The van der Waals surface area contributed by atoms with E-state index >= 15 is 0 Å². The SMILES string of the molecule is CCc1cccc(C)c1N1CCC(O)CC1(C)C. The number of hydrogen-bond acceptors (Lipinski definition) is 2. The average molecular weight is 247 g/mol. The van der Waals surface area contributed by atoms with Gasteiger partial charge in [-0.25, -0.2) is 0 Å². The van der Waals surface area contributed by atoms with Gasteiger partial charge in [-0.2, -0.15) is 0 Å². The fourth-order valence-electron chi connectivity index (χ4n) is 3.18. The molecule has 18 heavy (non-hydrogen) atoms. The number of aliphatic hydroxyl groups excluding tert-OH is 1. The quantitative estimate of drug-likeness (QED) is 0.867. The van der Waals surface area contributed by atoms with Gasteiger partial charge < -0.3 is 10.0 Å². The normalized spacial score (nSPS) is 23.2. The van der Waals surface area contributed by atoms with Crippen LogP contribution in [-0.4, -0.2) is 23.3 Å². The number of aliphatic hydroxyl groups is 1. The topological polar surface area (TPSA) is 23.5 Å². The molecule has 0 spiro atoms. The van der Waals surface area contributed by atoms with Crippen molar-refractivity contribution in [2.75, 3.05) is 11.4 Å². The van der Waals surface area contributed by atoms with E-state index in [1.807, 2.05) is 0 Å². The van der Waals surface area contributed by atoms with Gasteiger partial charge in [-0.1, -0.05) is 25.1 Å². The van der Waals surface area contributed by atoms with E-state index in [1.165, 1.54) is 16.8 Å². The minimum absolute atomic E-state index is 0.0354. The van der Waals surface area contributed by atoms with Crippen molar-refractivity contribution in [3.8, 4) is 0 Å². The maximum Gasteiger partial charge on any atom is 0.0579 e. The number of anilines is 1. The number of piperidine rings is 1. The number of benzene rings is 1. The minimum atomic E-state index is -0.148. The zero-order chi connectivity index (χ0) is 13.3. The van der Waals surface area contributed by atoms with Crippen LogP contribution < -0.4 is 4.90 Å². The molecule has 1 aromatic rings. The van der Waals surface area contributed by atoms with Crippen LogP contribution >= 0.6 is 0 Å². The highest BCUT2D eigenvalue weighted by molar-refractivity contribution is 5.61. The van der Waals surface area contributed by atoms with Crippen LogP contribution in [0.15, 0.2) is 18.2 Å². The van der Waals surface area contributed by atoms with Crippen molar-refractivity contribution in [1.29, 1.82) is 0 Å². The van der Waals surface area contributed by atoms with E-state index in [-0.39, 0.29) is 11.6 Å². The van der Waals surface area contributed by atoms with Gasteiger partial charge >= 0.3 is 0 Å². The fraction of sp³-hybridized carbons (Fsp3) is 0.625. The molecule has 1 N–H and O–H groups in total. The van der Waals surface area contributed by atoms with Crippen LogP contribution in [-0.2, 0) is 6.42 Å². The fourth-order valence-corrected chi connectivity index (χ4v) is 3.18. The van der Waals surface area contributed by atoms with Crippen LogP contribution in [0.4, 0.5) is 5.69 Å². The van der Waals surface area contributed by atoms with Crippen molar-refractivity contribution in [2.45, 2.75) is 58.6 Å². The summed E-state index contributed by atoms with van der Waals surface area (Å²) in [5.41, 5.74) is 4.18. The molecule has 1 unspecified atom stereocenters. The molecule has 1 aromatic carbocycles. The molecule has 0 radical (unpaired) electrons. The lowest BCUT2D eigenvalue weighted by atomic mass is 9.86. The maximum atomic E-state index is 9.88. The number of hydrogen-bond donors (Lipinski definition) is 1. The first-order valence-electron chi connectivity index (χ1n) is 7.00. The maximum absolute atomic E-state index is 9.88. The molecule has 0 saturated carbocycles. The monoisotopic (exact) mass is 247 g/mol. The third-order valence-corrected chi connectivity index (χ3v) is 4.12. The molecule has 2 rings (SSSR count). The van der Waals surface area contributed by atoms with Gasteiger partial charge in [0.15, 0.2) is 0 Å². The zero-order valence-corrected chi connectivity index (χ0v) is 12.0. The predicted octanol–water partition coefficient (Wildman–Crippen LogP) is 3.30. The second-order valence-electron chi connectivity index (χ2n) is 6.05. The number of rotatable bonds is 2. The summed E-state index contributed by atoms with van der Waals surface area (Å²) in [6.45, 7) is 9.83. The Balaban J connectivity index is 2.42. The van der Waals surface area contributed by atoms with Crippen LogP contribution in [0.3, 0.4) is 0 Å². The standard InChI is InChI=1S/C16H25NO/c1-5-13-8-6-7-12(2)15(13)17-10-9-14(18)11-16(17,3)4/h6-8,14,18H,5,9-11H2,1-4H3. The Kier molecular flexibility index (Phi) is 3.67. The molecule has 1 heterocycles. The minimum Gasteiger partial charge on any atom is -0.393 e. The highest BCUT2D eigenvalue weighted by atomic mass is 16.3. The molecule has 100 valence electrons. The van der Waals surface area contributed by atoms with Gasteiger partial charge in [-0.05, 0) is 51.2 Å². The van der Waals surface area contributed by atoms with Crippen molar-refractivity contribution in [3.63, 3.8) is 0 Å². The molecule has 1 aliphatic rings. The van der Waals surface area contributed by atoms with Crippen molar-refractivity contribution >= 4 is 5.69 Å². The number of aryl methyl sites for hydroxylation is 2. The largest absolute Gasteiger partial charge is 0.393 e. The molecule has 0 aromatic heterocycles. The van der Waals surface area contributed by atoms with E-state index in [0.29, 0.717) is 0 Å². The van der Waals surface area contributed by atoms with Crippen molar-refractivity contribution in [2.24, 2.45) is 0 Å². The highest BCUT2D eigenvalue weighted by Crippen LogP contribution is 2.36. The zero-order valence-electron chi connectivity index (χ0n) is 12.0. The number of nitrogens with zero attached hydrogens (tertiary/aromatic N) is 1. The number of para-hydroxylation sites is 1. The molecular weight excluding hydrogens is 222 g/mol. The lowest BCUT2D eigenvalue weighted by molar-refractivity contribution is 0.107. The summed E-state index contributed by atoms with van der Waals surface area (Å²) in [4.78, 5) is 2.49. The summed E-state index contributed by atoms with van der Waals surface area (Å²) in [7, 11) is 0. The Morgan fingerprint density at radius 2 is 2.11 bits per heavy atom. The summed E-state index contributed by atoms with van der Waals surface area (Å²) < 4.78 is 0. The summed E-state index contributed by atoms with van der Waals surface area (Å²) in [5.74, 6) is 0. The van der Waals surface area contributed by atoms with Gasteiger partial charge in [-0.3, -0.25) is 0 Å². The van der Waals surface area contributed by atoms with Crippen LogP contribution in [0, 0.1) is 6.92 Å². The molecule has 0 amide bonds. The Morgan fingerprint density at radius 3 is 2.72 bits per heavy atom. The van der Waals surface area contributed by atoms with Crippen molar-refractivity contribution in [3.05, 3.63) is 29.3 Å². The second-order valence-corrected chi connectivity index (χ2v) is 6.05. The van der Waals surface area contributed by atoms with Crippen LogP contribution in [0.25, 0.3) is 0 Å². The van der Waals surface area contributed by atoms with Crippen LogP contribution in [0.2, 0.25) is 0 Å². The van der Waals surface area contributed by atoms with E-state index in [2.05, 4.69) is 50.8 Å². The van der Waals surface area contributed by atoms with E-state index in [1.54, 1.807) is 0 Å². The van der Waals surface area contributed by atoms with Gasteiger partial charge in [0.2, 0.25) is 0 Å². The van der Waals surface area contributed by atoms with E-state index < -0.39 is 0 Å². The molecule has 0 bridgehead atoms. The van der Waals surface area contributed by atoms with Gasteiger partial charge in [-0.15, -0.1) is 0 Å². The first-order valence-corrected chi connectivity index (χ1v) is 7.00.